The molecule has 0 saturated carbocycles. The van der Waals surface area contributed by atoms with Crippen molar-refractivity contribution in [1.82, 2.24) is 0 Å². The highest BCUT2D eigenvalue weighted by molar-refractivity contribution is 5.94. The first-order valence-electron chi connectivity index (χ1n) is 8.08. The highest BCUT2D eigenvalue weighted by atomic mass is 16.5. The van der Waals surface area contributed by atoms with Gasteiger partial charge in [-0.05, 0) is 42.2 Å². The van der Waals surface area contributed by atoms with Crippen molar-refractivity contribution < 1.29 is 14.6 Å². The lowest BCUT2D eigenvalue weighted by Crippen LogP contribution is -2.08. The molecule has 24 heavy (non-hydrogen) atoms. The van der Waals surface area contributed by atoms with Crippen LogP contribution in [0.15, 0.2) is 54.3 Å². The van der Waals surface area contributed by atoms with E-state index in [4.69, 9.17) is 4.74 Å². The molecule has 0 heterocycles. The van der Waals surface area contributed by atoms with Gasteiger partial charge >= 0.3 is 5.97 Å². The average Bonchev–Trinajstić information content (AvgIpc) is 2.62. The molecule has 2 N–H and O–H groups in total. The molecule has 2 aromatic rings. The Kier molecular flexibility index (Phi) is 6.01. The molecule has 0 amide bonds. The Morgan fingerprint density at radius 2 is 1.79 bits per heavy atom. The predicted octanol–water partition coefficient (Wildman–Crippen LogP) is 4.64. The lowest BCUT2D eigenvalue weighted by molar-refractivity contribution is -0.136. The molecule has 0 fully saturated rings. The number of carboxylic acids is 1. The van der Waals surface area contributed by atoms with E-state index in [0.717, 1.165) is 22.4 Å². The second kappa shape index (κ2) is 8.20. The summed E-state index contributed by atoms with van der Waals surface area (Å²) in [5, 5.41) is 12.5. The van der Waals surface area contributed by atoms with Gasteiger partial charge in [-0.15, -0.1) is 0 Å². The van der Waals surface area contributed by atoms with Gasteiger partial charge in [-0.2, -0.15) is 0 Å². The quantitative estimate of drug-likeness (QED) is 0.575. The first kappa shape index (κ1) is 17.6. The first-order chi connectivity index (χ1) is 11.6. The summed E-state index contributed by atoms with van der Waals surface area (Å²) in [6, 6.07) is 16.0. The number of nitrogens with one attached hydrogen (secondary N) is 1. The molecule has 0 spiro atoms. The van der Waals surface area contributed by atoms with Gasteiger partial charge < -0.3 is 15.2 Å². The van der Waals surface area contributed by atoms with Crippen LogP contribution in [0.1, 0.15) is 25.8 Å². The number of carboxylic acid groups (broad SMARTS) is 1. The molecule has 0 aliphatic carbocycles. The van der Waals surface area contributed by atoms with Crippen molar-refractivity contribution in [2.24, 2.45) is 0 Å². The Labute approximate surface area is 142 Å². The van der Waals surface area contributed by atoms with E-state index < -0.39 is 5.97 Å². The smallest absolute Gasteiger partial charge is 0.371 e. The maximum Gasteiger partial charge on any atom is 0.371 e. The fraction of sp³-hybridized carbons (Fsp3) is 0.250. The lowest BCUT2D eigenvalue weighted by Gasteiger charge is -2.12. The van der Waals surface area contributed by atoms with E-state index in [1.54, 1.807) is 6.92 Å². The number of benzene rings is 2. The highest BCUT2D eigenvalue weighted by Gasteiger charge is 2.16. The summed E-state index contributed by atoms with van der Waals surface area (Å²) in [6.45, 7) is 4.05. The van der Waals surface area contributed by atoms with Gasteiger partial charge in [0.25, 0.3) is 0 Å². The maximum absolute atomic E-state index is 11.4. The average molecular weight is 325 g/mol. The molecule has 2 aromatic carbocycles. The number of hydrogen-bond acceptors (Lipinski definition) is 3. The van der Waals surface area contributed by atoms with Gasteiger partial charge in [0.2, 0.25) is 5.76 Å². The second-order valence-corrected chi connectivity index (χ2v) is 5.31. The third-order valence-electron chi connectivity index (χ3n) is 3.83. The van der Waals surface area contributed by atoms with Crippen molar-refractivity contribution in [2.45, 2.75) is 20.3 Å². The van der Waals surface area contributed by atoms with E-state index >= 15 is 0 Å². The molecule has 0 unspecified atom stereocenters. The van der Waals surface area contributed by atoms with Crippen LogP contribution in [0.25, 0.3) is 16.7 Å². The Balaban J connectivity index is 2.39. The lowest BCUT2D eigenvalue weighted by atomic mass is 9.98. The summed E-state index contributed by atoms with van der Waals surface area (Å²) in [4.78, 5) is 11.4. The van der Waals surface area contributed by atoms with Crippen LogP contribution in [0.5, 0.6) is 0 Å². The molecule has 4 nitrogen and oxygen atoms in total. The number of ether oxygens (including phenoxy) is 1. The number of rotatable bonds is 7. The molecule has 0 bridgehead atoms. The Hall–Kier alpha value is -2.75. The van der Waals surface area contributed by atoms with E-state index in [1.165, 1.54) is 0 Å². The normalized spacial score (nSPS) is 11.6. The van der Waals surface area contributed by atoms with E-state index in [9.17, 15) is 9.90 Å². The van der Waals surface area contributed by atoms with Crippen molar-refractivity contribution in [2.75, 3.05) is 19.0 Å². The van der Waals surface area contributed by atoms with Gasteiger partial charge in [0.05, 0.1) is 6.61 Å². The molecular weight excluding hydrogens is 302 g/mol. The van der Waals surface area contributed by atoms with Gasteiger partial charge in [-0.25, -0.2) is 4.79 Å². The summed E-state index contributed by atoms with van der Waals surface area (Å²) in [7, 11) is 1.89. The monoisotopic (exact) mass is 325 g/mol. The van der Waals surface area contributed by atoms with Crippen LogP contribution in [0.2, 0.25) is 0 Å². The predicted molar refractivity (Wildman–Crippen MR) is 97.9 cm³/mol. The highest BCUT2D eigenvalue weighted by Crippen LogP contribution is 2.28. The van der Waals surface area contributed by atoms with Crippen molar-refractivity contribution >= 4 is 17.2 Å². The maximum atomic E-state index is 11.4. The molecule has 126 valence electrons. The molecule has 2 rings (SSSR count). The van der Waals surface area contributed by atoms with Crippen LogP contribution >= 0.6 is 0 Å². The molecule has 0 aromatic heterocycles. The van der Waals surface area contributed by atoms with Crippen molar-refractivity contribution in [1.29, 1.82) is 0 Å². The molecule has 0 saturated heterocycles. The molecule has 0 radical (unpaired) electrons. The van der Waals surface area contributed by atoms with E-state index in [0.29, 0.717) is 18.6 Å². The number of hydrogen-bond donors (Lipinski definition) is 2. The van der Waals surface area contributed by atoms with Gasteiger partial charge in [0.15, 0.2) is 0 Å². The molecule has 0 atom stereocenters. The van der Waals surface area contributed by atoms with E-state index in [-0.39, 0.29) is 5.76 Å². The third kappa shape index (κ3) is 3.96. The van der Waals surface area contributed by atoms with Gasteiger partial charge in [-0.3, -0.25) is 0 Å². The standard InChI is InChI=1S/C20H23NO3/c1-4-18(19(20(22)23)24-5-2)15-11-9-14(10-12-15)16-7-6-8-17(13-16)21-3/h6-13,21H,4-5H2,1-3H3,(H,22,23). The first-order valence-corrected chi connectivity index (χ1v) is 8.08. The summed E-state index contributed by atoms with van der Waals surface area (Å²) in [5.41, 5.74) is 4.82. The fourth-order valence-electron chi connectivity index (χ4n) is 2.64. The largest absolute Gasteiger partial charge is 0.487 e. The van der Waals surface area contributed by atoms with E-state index in [1.807, 2.05) is 50.4 Å². The van der Waals surface area contributed by atoms with Crippen molar-refractivity contribution in [3.05, 3.63) is 59.9 Å². The second-order valence-electron chi connectivity index (χ2n) is 5.31. The fourth-order valence-corrected chi connectivity index (χ4v) is 2.64. The molecule has 0 aliphatic heterocycles. The zero-order valence-electron chi connectivity index (χ0n) is 14.3. The van der Waals surface area contributed by atoms with E-state index in [2.05, 4.69) is 17.4 Å². The molecular formula is C20H23NO3. The summed E-state index contributed by atoms with van der Waals surface area (Å²) in [6.07, 6.45) is 0.593. The van der Waals surface area contributed by atoms with Crippen LogP contribution < -0.4 is 5.32 Å². The van der Waals surface area contributed by atoms with Crippen LogP contribution in [-0.2, 0) is 9.53 Å². The summed E-state index contributed by atoms with van der Waals surface area (Å²) < 4.78 is 5.33. The zero-order valence-corrected chi connectivity index (χ0v) is 14.3. The number of carbonyl (C=O) groups is 1. The third-order valence-corrected chi connectivity index (χ3v) is 3.83. The number of anilines is 1. The molecule has 0 aliphatic rings. The van der Waals surface area contributed by atoms with Crippen LogP contribution in [0.4, 0.5) is 5.69 Å². The zero-order chi connectivity index (χ0) is 17.5. The van der Waals surface area contributed by atoms with Crippen LogP contribution in [0.3, 0.4) is 0 Å². The minimum Gasteiger partial charge on any atom is -0.487 e. The minimum atomic E-state index is -1.03. The topological polar surface area (TPSA) is 58.6 Å². The van der Waals surface area contributed by atoms with Gasteiger partial charge in [-0.1, -0.05) is 43.3 Å². The minimum absolute atomic E-state index is 0.0323. The van der Waals surface area contributed by atoms with Crippen molar-refractivity contribution in [3.63, 3.8) is 0 Å². The Morgan fingerprint density at radius 1 is 1.08 bits per heavy atom. The summed E-state index contributed by atoms with van der Waals surface area (Å²) in [5.74, 6) is -0.996. The Morgan fingerprint density at radius 3 is 2.33 bits per heavy atom. The van der Waals surface area contributed by atoms with Gasteiger partial charge in [0, 0.05) is 18.3 Å². The van der Waals surface area contributed by atoms with Crippen LogP contribution in [-0.4, -0.2) is 24.7 Å². The Bertz CT molecular complexity index is 733. The van der Waals surface area contributed by atoms with Crippen molar-refractivity contribution in [3.8, 4) is 11.1 Å². The number of aliphatic carboxylic acids is 1. The SMILES string of the molecule is CCOC(C(=O)O)=C(CC)c1ccc(-c2cccc(NC)c2)cc1. The molecule has 4 heteroatoms. The number of allylic oxidation sites excluding steroid dienone is 1. The van der Waals surface area contributed by atoms with Gasteiger partial charge in [0.1, 0.15) is 0 Å². The van der Waals surface area contributed by atoms with Crippen LogP contribution in [0, 0.1) is 0 Å². The summed E-state index contributed by atoms with van der Waals surface area (Å²) >= 11 is 0.